The highest BCUT2D eigenvalue weighted by molar-refractivity contribution is 5.89. The average molecular weight is 402 g/mol. The Hall–Kier alpha value is -1.84. The molecule has 3 aliphatic rings. The van der Waals surface area contributed by atoms with Crippen molar-refractivity contribution in [3.63, 3.8) is 0 Å². The Morgan fingerprint density at radius 1 is 1.24 bits per heavy atom. The summed E-state index contributed by atoms with van der Waals surface area (Å²) in [7, 11) is 1.30. The van der Waals surface area contributed by atoms with E-state index in [2.05, 4.69) is 12.2 Å². The predicted molar refractivity (Wildman–Crippen MR) is 114 cm³/mol. The van der Waals surface area contributed by atoms with Crippen molar-refractivity contribution >= 4 is 11.9 Å². The van der Waals surface area contributed by atoms with Gasteiger partial charge in [0.25, 0.3) is 0 Å². The van der Waals surface area contributed by atoms with E-state index < -0.39 is 5.97 Å². The topological polar surface area (TPSA) is 55.4 Å². The van der Waals surface area contributed by atoms with Gasteiger partial charge in [0, 0.05) is 11.5 Å². The zero-order valence-corrected chi connectivity index (χ0v) is 18.4. The van der Waals surface area contributed by atoms with Crippen LogP contribution in [0.4, 0.5) is 0 Å². The van der Waals surface area contributed by atoms with E-state index in [1.54, 1.807) is 0 Å². The van der Waals surface area contributed by atoms with Crippen LogP contribution in [-0.2, 0) is 16.0 Å². The maximum atomic E-state index is 13.1. The molecule has 0 bridgehead atoms. The Morgan fingerprint density at radius 2 is 2.00 bits per heavy atom. The Kier molecular flexibility index (Phi) is 4.42. The van der Waals surface area contributed by atoms with Gasteiger partial charge >= 0.3 is 5.97 Å². The van der Waals surface area contributed by atoms with E-state index in [9.17, 15) is 9.59 Å². The first-order chi connectivity index (χ1) is 14.5. The van der Waals surface area contributed by atoms with Crippen molar-refractivity contribution in [1.82, 2.24) is 5.32 Å². The van der Waals surface area contributed by atoms with Gasteiger partial charge in [-0.1, -0.05) is 13.0 Å². The molecular weight excluding hydrogens is 362 g/mol. The molecule has 0 aromatic heterocycles. The molecule has 4 rings (SSSR count). The summed E-state index contributed by atoms with van der Waals surface area (Å²) in [5, 5.41) is 3.21. The lowest BCUT2D eigenvalue weighted by Crippen LogP contribution is -2.50. The number of hydrogen-bond acceptors (Lipinski definition) is 3. The molecule has 3 aliphatic carbocycles. The molecule has 4 heteroatoms. The molecule has 0 aliphatic heterocycles. The number of amides is 1. The lowest BCUT2D eigenvalue weighted by molar-refractivity contribution is -0.131. The summed E-state index contributed by atoms with van der Waals surface area (Å²) in [6.45, 7) is 8.42. The average Bonchev–Trinajstić information content (AvgIpc) is 3.03. The second-order valence-electron chi connectivity index (χ2n) is 10.5. The number of carbonyl (C=O) groups is 2. The second kappa shape index (κ2) is 7.14. The summed E-state index contributed by atoms with van der Waals surface area (Å²) in [5.74, 6) is 0.919. The number of hydrogen-bond donors (Lipinski definition) is 1. The molecule has 0 saturated heterocycles. The number of fused-ring (bicyclic) bond motifs is 5. The van der Waals surface area contributed by atoms with Gasteiger partial charge in [-0.2, -0.15) is 0 Å². The lowest BCUT2D eigenvalue weighted by Gasteiger charge is -2.51. The largest absolute Gasteiger partial charge is 0.465 e. The third kappa shape index (κ3) is 3.49. The fourth-order valence-corrected chi connectivity index (χ4v) is 6.52. The van der Waals surface area contributed by atoms with Gasteiger partial charge in [-0.05, 0) is 106 Å². The first-order valence-corrected chi connectivity index (χ1v) is 11.0. The first-order valence-electron chi connectivity index (χ1n) is 12.0. The highest BCUT2D eigenvalue weighted by Crippen LogP contribution is 2.63. The zero-order valence-electron chi connectivity index (χ0n) is 20.4. The molecule has 2 fully saturated rings. The van der Waals surface area contributed by atoms with Crippen LogP contribution in [0.25, 0.3) is 0 Å². The maximum absolute atomic E-state index is 13.1. The van der Waals surface area contributed by atoms with E-state index in [0.29, 0.717) is 17.8 Å². The van der Waals surface area contributed by atoms with Gasteiger partial charge in [-0.25, -0.2) is 4.79 Å². The van der Waals surface area contributed by atoms with Crippen molar-refractivity contribution in [2.75, 3.05) is 7.11 Å². The van der Waals surface area contributed by atoms with E-state index in [1.807, 2.05) is 26.8 Å². The van der Waals surface area contributed by atoms with Crippen LogP contribution in [0.3, 0.4) is 0 Å². The number of nitrogens with one attached hydrogen (secondary N) is 1. The fourth-order valence-electron chi connectivity index (χ4n) is 6.52. The third-order valence-corrected chi connectivity index (χ3v) is 7.76. The lowest BCUT2D eigenvalue weighted by atomic mass is 9.54. The molecule has 1 N–H and O–H groups in total. The van der Waals surface area contributed by atoms with Crippen molar-refractivity contribution in [2.45, 2.75) is 77.7 Å². The minimum absolute atomic E-state index is 0.00749. The van der Waals surface area contributed by atoms with E-state index >= 15 is 0 Å². The standard InChI is InChI=1S/C25H35NO3/c1-24(2,3)26-22(27)21-11-10-20-19-9-6-15-14-16(23(28)29-5)7-8-17(15)18(19)12-13-25(20,21)4/h7-8,14,18-21H,6,9-13H2,1-5H3,(H,26,27)/t18-,19-,20+,21-,25+/m1/s1/i7T,14T. The van der Waals surface area contributed by atoms with Crippen molar-refractivity contribution in [1.29, 1.82) is 0 Å². The molecular formula is C25H35NO3. The molecule has 5 atom stereocenters. The monoisotopic (exact) mass is 401 g/mol. The maximum Gasteiger partial charge on any atom is 0.337 e. The molecule has 0 heterocycles. The van der Waals surface area contributed by atoms with E-state index in [0.717, 1.165) is 49.7 Å². The van der Waals surface area contributed by atoms with Crippen LogP contribution in [0.15, 0.2) is 18.2 Å². The van der Waals surface area contributed by atoms with Crippen LogP contribution in [0.1, 0.15) is 89.9 Å². The third-order valence-electron chi connectivity index (χ3n) is 7.76. The highest BCUT2D eigenvalue weighted by Gasteiger charge is 2.56. The Balaban J connectivity index is 1.64. The molecule has 29 heavy (non-hydrogen) atoms. The fraction of sp³-hybridized carbons (Fsp3) is 0.680. The van der Waals surface area contributed by atoms with Crippen LogP contribution >= 0.6 is 0 Å². The normalized spacial score (nSPS) is 34.2. The molecule has 2 saturated carbocycles. The summed E-state index contributed by atoms with van der Waals surface area (Å²) in [5.41, 5.74) is 1.87. The molecule has 1 aromatic rings. The van der Waals surface area contributed by atoms with E-state index in [-0.39, 0.29) is 40.4 Å². The molecule has 158 valence electrons. The van der Waals surface area contributed by atoms with Gasteiger partial charge in [0.1, 0.15) is 0 Å². The minimum atomic E-state index is -0.598. The van der Waals surface area contributed by atoms with Gasteiger partial charge in [0.15, 0.2) is 0 Å². The molecule has 0 unspecified atom stereocenters. The number of benzene rings is 1. The number of carbonyl (C=O) groups excluding carboxylic acids is 2. The SMILES string of the molecule is [3H]c1cc2c(c([3H])c1C(=O)OC)CC[C@@H]1[C@@H]2CC[C@]2(C)[C@@H](C(=O)NC(C)(C)C)CC[C@@H]12. The van der Waals surface area contributed by atoms with Gasteiger partial charge in [0.05, 0.1) is 15.4 Å². The van der Waals surface area contributed by atoms with Crippen molar-refractivity contribution in [3.8, 4) is 0 Å². The zero-order chi connectivity index (χ0) is 22.7. The molecule has 4 nitrogen and oxygen atoms in total. The number of ether oxygens (including phenoxy) is 1. The van der Waals surface area contributed by atoms with Crippen molar-refractivity contribution < 1.29 is 17.1 Å². The smallest absolute Gasteiger partial charge is 0.337 e. The van der Waals surface area contributed by atoms with Crippen LogP contribution in [0.5, 0.6) is 0 Å². The number of rotatable bonds is 2. The Bertz CT molecular complexity index is 922. The van der Waals surface area contributed by atoms with E-state index in [4.69, 9.17) is 7.48 Å². The summed E-state index contributed by atoms with van der Waals surface area (Å²) in [6.07, 6.45) is 5.70. The molecule has 1 aromatic carbocycles. The first kappa shape index (κ1) is 18.0. The summed E-state index contributed by atoms with van der Waals surface area (Å²) in [4.78, 5) is 25.2. The number of methoxy groups -OCH3 is 1. The van der Waals surface area contributed by atoms with Crippen LogP contribution in [0.2, 0.25) is 0 Å². The Morgan fingerprint density at radius 3 is 2.69 bits per heavy atom. The minimum Gasteiger partial charge on any atom is -0.465 e. The predicted octanol–water partition coefficient (Wildman–Crippen LogP) is 4.86. The second-order valence-corrected chi connectivity index (χ2v) is 10.5. The molecule has 0 radical (unpaired) electrons. The Labute approximate surface area is 177 Å². The van der Waals surface area contributed by atoms with Gasteiger partial charge < -0.3 is 10.1 Å². The summed E-state index contributed by atoms with van der Waals surface area (Å²) < 4.78 is 21.8. The van der Waals surface area contributed by atoms with Crippen LogP contribution < -0.4 is 5.32 Å². The number of esters is 1. The van der Waals surface area contributed by atoms with Crippen LogP contribution in [0, 0.1) is 23.2 Å². The van der Waals surface area contributed by atoms with E-state index in [1.165, 1.54) is 7.11 Å². The molecule has 0 spiro atoms. The highest BCUT2D eigenvalue weighted by atomic mass is 16.5. The van der Waals surface area contributed by atoms with Gasteiger partial charge in [0.2, 0.25) is 5.91 Å². The quantitative estimate of drug-likeness (QED) is 0.720. The van der Waals surface area contributed by atoms with Crippen LogP contribution in [-0.4, -0.2) is 24.5 Å². The van der Waals surface area contributed by atoms with Gasteiger partial charge in [-0.15, -0.1) is 0 Å². The summed E-state index contributed by atoms with van der Waals surface area (Å²) in [6, 6.07) is 2.09. The summed E-state index contributed by atoms with van der Waals surface area (Å²) >= 11 is 0. The van der Waals surface area contributed by atoms with Crippen molar-refractivity contribution in [2.24, 2.45) is 23.2 Å². The van der Waals surface area contributed by atoms with Crippen molar-refractivity contribution in [3.05, 3.63) is 34.8 Å². The van der Waals surface area contributed by atoms with Gasteiger partial charge in [-0.3, -0.25) is 4.79 Å². The molecule has 1 amide bonds.